The fourth-order valence-electron chi connectivity index (χ4n) is 3.73. The number of aryl methyl sites for hydroxylation is 1. The fourth-order valence-corrected chi connectivity index (χ4v) is 4.59. The number of hydrogen-bond donors (Lipinski definition) is 0. The van der Waals surface area contributed by atoms with E-state index in [-0.39, 0.29) is 11.8 Å². The Kier molecular flexibility index (Phi) is 6.66. The van der Waals surface area contributed by atoms with Crippen LogP contribution < -0.4 is 9.80 Å². The van der Waals surface area contributed by atoms with Gasteiger partial charge < -0.3 is 9.80 Å². The van der Waals surface area contributed by atoms with Crippen LogP contribution >= 0.6 is 11.3 Å². The van der Waals surface area contributed by atoms with Crippen LogP contribution in [0.4, 0.5) is 16.5 Å². The van der Waals surface area contributed by atoms with Gasteiger partial charge in [-0.05, 0) is 42.8 Å². The van der Waals surface area contributed by atoms with Crippen LogP contribution in [-0.2, 0) is 9.59 Å². The molecule has 1 aromatic heterocycles. The lowest BCUT2D eigenvalue weighted by molar-refractivity contribution is -0.126. The number of thiazole rings is 1. The van der Waals surface area contributed by atoms with Crippen LogP contribution in [0.3, 0.4) is 0 Å². The number of hydrogen-bond acceptors (Lipinski definition) is 5. The van der Waals surface area contributed by atoms with Gasteiger partial charge in [0, 0.05) is 50.2 Å². The van der Waals surface area contributed by atoms with Crippen LogP contribution in [0.5, 0.6) is 0 Å². The smallest absolute Gasteiger partial charge is 0.246 e. The zero-order valence-corrected chi connectivity index (χ0v) is 19.1. The average molecular weight is 447 g/mol. The first kappa shape index (κ1) is 21.8. The van der Waals surface area contributed by atoms with Crippen molar-refractivity contribution in [2.45, 2.75) is 13.8 Å². The summed E-state index contributed by atoms with van der Waals surface area (Å²) in [7, 11) is 0. The summed E-state index contributed by atoms with van der Waals surface area (Å²) >= 11 is 1.38. The molecule has 1 aliphatic heterocycles. The molecular weight excluding hydrogens is 420 g/mol. The Morgan fingerprint density at radius 1 is 1.03 bits per heavy atom. The Morgan fingerprint density at radius 2 is 1.78 bits per heavy atom. The predicted molar refractivity (Wildman–Crippen MR) is 130 cm³/mol. The van der Waals surface area contributed by atoms with E-state index in [2.05, 4.69) is 41.1 Å². The monoisotopic (exact) mass is 446 g/mol. The van der Waals surface area contributed by atoms with Crippen molar-refractivity contribution in [1.82, 2.24) is 9.88 Å². The van der Waals surface area contributed by atoms with Gasteiger partial charge in [0.25, 0.3) is 0 Å². The summed E-state index contributed by atoms with van der Waals surface area (Å²) in [6.07, 6.45) is 3.29. The summed E-state index contributed by atoms with van der Waals surface area (Å²) in [5.41, 5.74) is 3.88. The second-order valence-electron chi connectivity index (χ2n) is 7.73. The number of para-hydroxylation sites is 1. The molecule has 0 unspecified atom stereocenters. The summed E-state index contributed by atoms with van der Waals surface area (Å²) in [6.45, 7) is 6.61. The molecule has 7 heteroatoms. The third-order valence-electron chi connectivity index (χ3n) is 5.39. The lowest BCUT2D eigenvalue weighted by Gasteiger charge is -2.35. The molecule has 4 rings (SSSR count). The molecule has 1 saturated heterocycles. The minimum absolute atomic E-state index is 0.0186. The maximum atomic E-state index is 12.7. The molecule has 3 aromatic rings. The number of piperazine rings is 1. The van der Waals surface area contributed by atoms with Crippen LogP contribution in [0.25, 0.3) is 6.08 Å². The van der Waals surface area contributed by atoms with Crippen molar-refractivity contribution in [3.63, 3.8) is 0 Å². The molecule has 0 bridgehead atoms. The van der Waals surface area contributed by atoms with E-state index in [4.69, 9.17) is 0 Å². The molecule has 1 fully saturated rings. The van der Waals surface area contributed by atoms with Gasteiger partial charge in [-0.2, -0.15) is 0 Å². The van der Waals surface area contributed by atoms with Crippen molar-refractivity contribution < 1.29 is 9.59 Å². The molecule has 0 aliphatic carbocycles. The van der Waals surface area contributed by atoms with Gasteiger partial charge in [0.2, 0.25) is 11.8 Å². The van der Waals surface area contributed by atoms with Crippen molar-refractivity contribution in [1.29, 1.82) is 0 Å². The number of amides is 2. The minimum Gasteiger partial charge on any atom is -0.368 e. The topological polar surface area (TPSA) is 56.8 Å². The molecule has 2 heterocycles. The summed E-state index contributed by atoms with van der Waals surface area (Å²) in [4.78, 5) is 35.2. The minimum atomic E-state index is -0.108. The highest BCUT2D eigenvalue weighted by Gasteiger charge is 2.20. The maximum absolute atomic E-state index is 12.7. The van der Waals surface area contributed by atoms with E-state index in [0.29, 0.717) is 23.9 Å². The quantitative estimate of drug-likeness (QED) is 0.542. The standard InChI is InChI=1S/C25H26N4O2S/c1-19-7-6-10-23(17-19)27-13-15-28(16-14-27)24(31)12-11-21-18-32-25(26-21)29(20(2)30)22-8-4-3-5-9-22/h3-12,17-18H,13-16H2,1-2H3/b12-11+. The number of anilines is 3. The molecule has 0 atom stereocenters. The highest BCUT2D eigenvalue weighted by Crippen LogP contribution is 2.29. The Labute approximate surface area is 192 Å². The third kappa shape index (κ3) is 5.06. The maximum Gasteiger partial charge on any atom is 0.246 e. The van der Waals surface area contributed by atoms with E-state index < -0.39 is 0 Å². The van der Waals surface area contributed by atoms with Crippen molar-refractivity contribution in [3.8, 4) is 0 Å². The fraction of sp³-hybridized carbons (Fsp3) is 0.240. The second-order valence-corrected chi connectivity index (χ2v) is 8.57. The molecule has 0 saturated carbocycles. The summed E-state index contributed by atoms with van der Waals surface area (Å²) in [5.74, 6) is -0.126. The predicted octanol–water partition coefficient (Wildman–Crippen LogP) is 4.50. The van der Waals surface area contributed by atoms with Gasteiger partial charge in [0.1, 0.15) is 0 Å². The van der Waals surface area contributed by atoms with E-state index >= 15 is 0 Å². The van der Waals surface area contributed by atoms with Crippen molar-refractivity contribution in [2.24, 2.45) is 0 Å². The van der Waals surface area contributed by atoms with Crippen LogP contribution in [-0.4, -0.2) is 47.9 Å². The van der Waals surface area contributed by atoms with Gasteiger partial charge in [-0.25, -0.2) is 4.98 Å². The lowest BCUT2D eigenvalue weighted by Crippen LogP contribution is -2.48. The highest BCUT2D eigenvalue weighted by atomic mass is 32.1. The van der Waals surface area contributed by atoms with E-state index in [9.17, 15) is 9.59 Å². The first-order valence-corrected chi connectivity index (χ1v) is 11.5. The molecule has 6 nitrogen and oxygen atoms in total. The molecule has 1 aliphatic rings. The van der Waals surface area contributed by atoms with E-state index in [1.165, 1.54) is 29.5 Å². The van der Waals surface area contributed by atoms with Gasteiger partial charge in [-0.1, -0.05) is 30.3 Å². The van der Waals surface area contributed by atoms with Gasteiger partial charge in [-0.3, -0.25) is 14.5 Å². The zero-order chi connectivity index (χ0) is 22.5. The Balaban J connectivity index is 1.37. The summed E-state index contributed by atoms with van der Waals surface area (Å²) in [6, 6.07) is 17.9. The number of carbonyl (C=O) groups excluding carboxylic acids is 2. The van der Waals surface area contributed by atoms with E-state index in [0.717, 1.165) is 18.8 Å². The van der Waals surface area contributed by atoms with Gasteiger partial charge in [0.05, 0.1) is 11.4 Å². The normalized spacial score (nSPS) is 14.1. The molecule has 164 valence electrons. The molecule has 2 amide bonds. The molecule has 0 radical (unpaired) electrons. The lowest BCUT2D eigenvalue weighted by atomic mass is 10.2. The van der Waals surface area contributed by atoms with Gasteiger partial charge in [-0.15, -0.1) is 11.3 Å². The SMILES string of the molecule is CC(=O)N(c1ccccc1)c1nc(/C=C/C(=O)N2CCN(c3cccc(C)c3)CC2)cs1. The Hall–Kier alpha value is -3.45. The Bertz CT molecular complexity index is 1120. The number of benzene rings is 2. The first-order chi connectivity index (χ1) is 15.5. The van der Waals surface area contributed by atoms with E-state index in [1.807, 2.05) is 40.6 Å². The van der Waals surface area contributed by atoms with Crippen molar-refractivity contribution >= 4 is 45.7 Å². The summed E-state index contributed by atoms with van der Waals surface area (Å²) in [5, 5.41) is 2.44. The number of aromatic nitrogens is 1. The molecule has 0 N–H and O–H groups in total. The van der Waals surface area contributed by atoms with Crippen molar-refractivity contribution in [2.75, 3.05) is 36.0 Å². The van der Waals surface area contributed by atoms with Gasteiger partial charge >= 0.3 is 0 Å². The zero-order valence-electron chi connectivity index (χ0n) is 18.3. The van der Waals surface area contributed by atoms with E-state index in [1.54, 1.807) is 17.1 Å². The summed E-state index contributed by atoms with van der Waals surface area (Å²) < 4.78 is 0. The Morgan fingerprint density at radius 3 is 2.47 bits per heavy atom. The van der Waals surface area contributed by atoms with Crippen LogP contribution in [0.1, 0.15) is 18.2 Å². The molecule has 2 aromatic carbocycles. The number of carbonyl (C=O) groups is 2. The first-order valence-electron chi connectivity index (χ1n) is 10.6. The second kappa shape index (κ2) is 9.78. The van der Waals surface area contributed by atoms with Gasteiger partial charge in [0.15, 0.2) is 5.13 Å². The molecular formula is C25H26N4O2S. The highest BCUT2D eigenvalue weighted by molar-refractivity contribution is 7.14. The van der Waals surface area contributed by atoms with Crippen LogP contribution in [0.2, 0.25) is 0 Å². The number of nitrogens with zero attached hydrogens (tertiary/aromatic N) is 4. The van der Waals surface area contributed by atoms with Crippen molar-refractivity contribution in [3.05, 3.63) is 77.3 Å². The van der Waals surface area contributed by atoms with Crippen LogP contribution in [0, 0.1) is 6.92 Å². The third-order valence-corrected chi connectivity index (χ3v) is 6.23. The average Bonchev–Trinajstić information content (AvgIpc) is 3.26. The largest absolute Gasteiger partial charge is 0.368 e. The molecule has 32 heavy (non-hydrogen) atoms. The van der Waals surface area contributed by atoms with Crippen LogP contribution in [0.15, 0.2) is 66.1 Å². The molecule has 0 spiro atoms. The number of rotatable bonds is 5.